The minimum atomic E-state index is -0.339. The van der Waals surface area contributed by atoms with Gasteiger partial charge in [0, 0.05) is 24.7 Å². The Morgan fingerprint density at radius 2 is 1.81 bits per heavy atom. The topological polar surface area (TPSA) is 49.9 Å². The average Bonchev–Trinajstić information content (AvgIpc) is 3.43. The van der Waals surface area contributed by atoms with Gasteiger partial charge in [-0.05, 0) is 63.8 Å². The van der Waals surface area contributed by atoms with Gasteiger partial charge in [-0.3, -0.25) is 14.5 Å². The molecule has 1 aromatic rings. The number of rotatable bonds is 10. The summed E-state index contributed by atoms with van der Waals surface area (Å²) in [7, 11) is 0. The summed E-state index contributed by atoms with van der Waals surface area (Å²) >= 11 is 0. The van der Waals surface area contributed by atoms with Crippen molar-refractivity contribution >= 4 is 11.9 Å². The summed E-state index contributed by atoms with van der Waals surface area (Å²) in [6, 6.07) is 8.25. The number of carbonyl (C=O) groups excluding carboxylic acids is 2. The minimum Gasteiger partial charge on any atom is -0.465 e. The Labute approximate surface area is 157 Å². The van der Waals surface area contributed by atoms with E-state index in [2.05, 4.69) is 25.7 Å². The highest BCUT2D eigenvalue weighted by Gasteiger charge is 2.28. The molecule has 0 bridgehead atoms. The molecule has 0 aromatic heterocycles. The van der Waals surface area contributed by atoms with Crippen molar-refractivity contribution in [1.82, 2.24) is 9.80 Å². The molecule has 0 unspecified atom stereocenters. The van der Waals surface area contributed by atoms with Crippen LogP contribution in [0.3, 0.4) is 0 Å². The number of esters is 1. The maximum atomic E-state index is 12.9. The second-order valence-corrected chi connectivity index (χ2v) is 7.29. The van der Waals surface area contributed by atoms with Crippen molar-refractivity contribution in [3.8, 4) is 0 Å². The maximum Gasteiger partial charge on any atom is 0.325 e. The van der Waals surface area contributed by atoms with Crippen LogP contribution in [-0.4, -0.2) is 54.0 Å². The summed E-state index contributed by atoms with van der Waals surface area (Å²) in [5.74, 6) is 0.0955. The first-order valence-electron chi connectivity index (χ1n) is 9.72. The molecule has 0 radical (unpaired) electrons. The third-order valence-corrected chi connectivity index (χ3v) is 4.81. The van der Waals surface area contributed by atoms with Crippen LogP contribution in [0.1, 0.15) is 56.5 Å². The molecule has 0 atom stereocenters. The zero-order chi connectivity index (χ0) is 19.1. The van der Waals surface area contributed by atoms with Crippen molar-refractivity contribution in [3.05, 3.63) is 35.4 Å². The van der Waals surface area contributed by atoms with E-state index in [9.17, 15) is 9.59 Å². The van der Waals surface area contributed by atoms with Crippen LogP contribution < -0.4 is 0 Å². The molecule has 0 spiro atoms. The standard InChI is InChI=1S/C21H32N2O3/c1-5-22(16(3)4)13-18-9-11-19(12-10-18)21(25)23(14-17-7-8-17)15-20(24)26-6-2/h9-12,16-17H,5-8,13-15H2,1-4H3. The van der Waals surface area contributed by atoms with E-state index in [1.54, 1.807) is 11.8 Å². The molecular weight excluding hydrogens is 328 g/mol. The van der Waals surface area contributed by atoms with E-state index in [0.717, 1.165) is 25.9 Å². The molecular formula is C21H32N2O3. The Kier molecular flexibility index (Phi) is 7.64. The van der Waals surface area contributed by atoms with E-state index in [1.807, 2.05) is 24.3 Å². The summed E-state index contributed by atoms with van der Waals surface area (Å²) in [6.07, 6.45) is 2.27. The number of hydrogen-bond acceptors (Lipinski definition) is 4. The van der Waals surface area contributed by atoms with E-state index in [4.69, 9.17) is 4.74 Å². The van der Waals surface area contributed by atoms with Gasteiger partial charge in [-0.1, -0.05) is 19.1 Å². The largest absolute Gasteiger partial charge is 0.465 e. The van der Waals surface area contributed by atoms with Crippen molar-refractivity contribution in [2.45, 2.75) is 53.1 Å². The van der Waals surface area contributed by atoms with E-state index in [-0.39, 0.29) is 18.4 Å². The molecule has 0 saturated heterocycles. The molecule has 1 amide bonds. The first kappa shape index (κ1) is 20.4. The highest BCUT2D eigenvalue weighted by atomic mass is 16.5. The van der Waals surface area contributed by atoms with Crippen molar-refractivity contribution < 1.29 is 14.3 Å². The second kappa shape index (κ2) is 9.72. The fourth-order valence-corrected chi connectivity index (χ4v) is 3.02. The Balaban J connectivity index is 2.03. The highest BCUT2D eigenvalue weighted by molar-refractivity contribution is 5.96. The van der Waals surface area contributed by atoms with Gasteiger partial charge in [0.25, 0.3) is 5.91 Å². The van der Waals surface area contributed by atoms with Gasteiger partial charge < -0.3 is 9.64 Å². The number of ether oxygens (including phenoxy) is 1. The second-order valence-electron chi connectivity index (χ2n) is 7.29. The van der Waals surface area contributed by atoms with Crippen molar-refractivity contribution in [3.63, 3.8) is 0 Å². The molecule has 1 aromatic carbocycles. The Morgan fingerprint density at radius 1 is 1.15 bits per heavy atom. The van der Waals surface area contributed by atoms with Crippen LogP contribution in [0.15, 0.2) is 24.3 Å². The zero-order valence-electron chi connectivity index (χ0n) is 16.5. The third-order valence-electron chi connectivity index (χ3n) is 4.81. The number of hydrogen-bond donors (Lipinski definition) is 0. The third kappa shape index (κ3) is 6.13. The van der Waals surface area contributed by atoms with Crippen LogP contribution in [0.5, 0.6) is 0 Å². The lowest BCUT2D eigenvalue weighted by Gasteiger charge is -2.25. The lowest BCUT2D eigenvalue weighted by Crippen LogP contribution is -2.38. The average molecular weight is 360 g/mol. The number of amides is 1. The van der Waals surface area contributed by atoms with Crippen LogP contribution in [0.4, 0.5) is 0 Å². The molecule has 1 saturated carbocycles. The minimum absolute atomic E-state index is 0.0296. The van der Waals surface area contributed by atoms with Crippen LogP contribution in [0.2, 0.25) is 0 Å². The first-order valence-corrected chi connectivity index (χ1v) is 9.72. The van der Waals surface area contributed by atoms with Crippen molar-refractivity contribution in [2.24, 2.45) is 5.92 Å². The van der Waals surface area contributed by atoms with Gasteiger partial charge in [-0.25, -0.2) is 0 Å². The van der Waals surface area contributed by atoms with Crippen LogP contribution in [0.25, 0.3) is 0 Å². The molecule has 5 nitrogen and oxygen atoms in total. The number of carbonyl (C=O) groups is 2. The molecule has 1 fully saturated rings. The van der Waals surface area contributed by atoms with Gasteiger partial charge in [0.15, 0.2) is 0 Å². The molecule has 26 heavy (non-hydrogen) atoms. The monoisotopic (exact) mass is 360 g/mol. The SMILES string of the molecule is CCOC(=O)CN(CC1CC1)C(=O)c1ccc(CN(CC)C(C)C)cc1. The van der Waals surface area contributed by atoms with Crippen LogP contribution >= 0.6 is 0 Å². The van der Waals surface area contributed by atoms with Crippen LogP contribution in [-0.2, 0) is 16.1 Å². The van der Waals surface area contributed by atoms with Gasteiger partial charge >= 0.3 is 5.97 Å². The van der Waals surface area contributed by atoms with Crippen molar-refractivity contribution in [2.75, 3.05) is 26.2 Å². The van der Waals surface area contributed by atoms with E-state index in [1.165, 1.54) is 5.56 Å². The van der Waals surface area contributed by atoms with E-state index in [0.29, 0.717) is 30.7 Å². The number of benzene rings is 1. The summed E-state index contributed by atoms with van der Waals surface area (Å²) < 4.78 is 5.02. The van der Waals surface area contributed by atoms with Gasteiger partial charge in [0.2, 0.25) is 0 Å². The van der Waals surface area contributed by atoms with Crippen LogP contribution in [0, 0.1) is 5.92 Å². The smallest absolute Gasteiger partial charge is 0.325 e. The summed E-state index contributed by atoms with van der Waals surface area (Å²) in [5.41, 5.74) is 1.82. The molecule has 144 valence electrons. The van der Waals surface area contributed by atoms with E-state index < -0.39 is 0 Å². The fourth-order valence-electron chi connectivity index (χ4n) is 3.02. The molecule has 0 heterocycles. The molecule has 0 aliphatic heterocycles. The lowest BCUT2D eigenvalue weighted by atomic mass is 10.1. The normalized spacial score (nSPS) is 13.9. The van der Waals surface area contributed by atoms with Gasteiger partial charge in [-0.2, -0.15) is 0 Å². The fraction of sp³-hybridized carbons (Fsp3) is 0.619. The van der Waals surface area contributed by atoms with Crippen molar-refractivity contribution in [1.29, 1.82) is 0 Å². The molecule has 0 N–H and O–H groups in total. The molecule has 5 heteroatoms. The molecule has 2 rings (SSSR count). The zero-order valence-corrected chi connectivity index (χ0v) is 16.5. The maximum absolute atomic E-state index is 12.9. The van der Waals surface area contributed by atoms with Gasteiger partial charge in [0.1, 0.15) is 6.54 Å². The predicted octanol–water partition coefficient (Wildman–Crippen LogP) is 3.33. The quantitative estimate of drug-likeness (QED) is 0.601. The predicted molar refractivity (Wildman–Crippen MR) is 103 cm³/mol. The highest BCUT2D eigenvalue weighted by Crippen LogP contribution is 2.30. The molecule has 1 aliphatic carbocycles. The van der Waals surface area contributed by atoms with Gasteiger partial charge in [-0.15, -0.1) is 0 Å². The lowest BCUT2D eigenvalue weighted by molar-refractivity contribution is -0.143. The molecule has 1 aliphatic rings. The Bertz CT molecular complexity index is 594. The van der Waals surface area contributed by atoms with Gasteiger partial charge in [0.05, 0.1) is 6.61 Å². The summed E-state index contributed by atoms with van der Waals surface area (Å²) in [5, 5.41) is 0. The first-order chi connectivity index (χ1) is 12.4. The number of nitrogens with zero attached hydrogens (tertiary/aromatic N) is 2. The van der Waals surface area contributed by atoms with E-state index >= 15 is 0 Å². The summed E-state index contributed by atoms with van der Waals surface area (Å²) in [4.78, 5) is 28.7. The Morgan fingerprint density at radius 3 is 2.31 bits per heavy atom. The summed E-state index contributed by atoms with van der Waals surface area (Å²) in [6.45, 7) is 11.2. The Hall–Kier alpha value is -1.88.